The van der Waals surface area contributed by atoms with E-state index < -0.39 is 0 Å². The molecule has 0 N–H and O–H groups in total. The van der Waals surface area contributed by atoms with Gasteiger partial charge in [0.25, 0.3) is 0 Å². The van der Waals surface area contributed by atoms with Crippen molar-refractivity contribution in [3.05, 3.63) is 87.4 Å². The van der Waals surface area contributed by atoms with Crippen molar-refractivity contribution >= 4 is 46.5 Å². The second-order valence-corrected chi connectivity index (χ2v) is 7.52. The largest absolute Gasteiger partial charge is 0.465 e. The zero-order valence-electron chi connectivity index (χ0n) is 15.9. The van der Waals surface area contributed by atoms with E-state index in [0.717, 1.165) is 28.8 Å². The van der Waals surface area contributed by atoms with Crippen LogP contribution in [0, 0.1) is 0 Å². The predicted molar refractivity (Wildman–Crippen MR) is 117 cm³/mol. The van der Waals surface area contributed by atoms with Crippen LogP contribution in [0.2, 0.25) is 10.0 Å². The molecule has 30 heavy (non-hydrogen) atoms. The summed E-state index contributed by atoms with van der Waals surface area (Å²) in [5.74, 6) is 0.338. The minimum atomic E-state index is -0.382. The molecule has 0 aliphatic carbocycles. The number of esters is 1. The summed E-state index contributed by atoms with van der Waals surface area (Å²) in [7, 11) is 1.35. The van der Waals surface area contributed by atoms with E-state index in [1.807, 2.05) is 28.8 Å². The molecule has 5 nitrogen and oxygen atoms in total. The highest BCUT2D eigenvalue weighted by Gasteiger charge is 2.16. The molecule has 1 heterocycles. The molecule has 4 aromatic rings. The lowest BCUT2D eigenvalue weighted by Gasteiger charge is -2.11. The number of methoxy groups -OCH3 is 1. The first kappa shape index (κ1) is 20.1. The van der Waals surface area contributed by atoms with Gasteiger partial charge in [-0.15, -0.1) is 0 Å². The molecule has 0 atom stereocenters. The Kier molecular flexibility index (Phi) is 5.57. The third-order valence-electron chi connectivity index (χ3n) is 4.81. The number of aromatic nitrogens is 2. The summed E-state index contributed by atoms with van der Waals surface area (Å²) in [4.78, 5) is 27.4. The van der Waals surface area contributed by atoms with Crippen LogP contribution in [-0.4, -0.2) is 28.9 Å². The lowest BCUT2D eigenvalue weighted by atomic mass is 10.1. The Morgan fingerprint density at radius 1 is 1.03 bits per heavy atom. The number of ether oxygens (including phenoxy) is 1. The van der Waals surface area contributed by atoms with Crippen LogP contribution < -0.4 is 0 Å². The summed E-state index contributed by atoms with van der Waals surface area (Å²) >= 11 is 12.5. The lowest BCUT2D eigenvalue weighted by molar-refractivity contribution is 0.0600. The van der Waals surface area contributed by atoms with Crippen molar-refractivity contribution in [3.63, 3.8) is 0 Å². The van der Waals surface area contributed by atoms with Gasteiger partial charge in [-0.3, -0.25) is 4.79 Å². The second-order valence-electron chi connectivity index (χ2n) is 6.70. The molecule has 0 saturated carbocycles. The fraction of sp³-hybridized carbons (Fsp3) is 0.0870. The van der Waals surface area contributed by atoms with Crippen molar-refractivity contribution in [2.24, 2.45) is 0 Å². The molecule has 0 radical (unpaired) electrons. The molecule has 4 rings (SSSR count). The third kappa shape index (κ3) is 3.82. The fourth-order valence-corrected chi connectivity index (χ4v) is 3.57. The number of carbonyl (C=O) groups excluding carboxylic acids is 2. The van der Waals surface area contributed by atoms with Crippen molar-refractivity contribution < 1.29 is 14.3 Å². The molecule has 0 aliphatic heterocycles. The normalized spacial score (nSPS) is 10.9. The summed E-state index contributed by atoms with van der Waals surface area (Å²) in [6.45, 7) is 0.501. The van der Waals surface area contributed by atoms with Crippen molar-refractivity contribution in [3.8, 4) is 11.4 Å². The van der Waals surface area contributed by atoms with Gasteiger partial charge >= 0.3 is 5.97 Å². The van der Waals surface area contributed by atoms with E-state index in [-0.39, 0.29) is 5.97 Å². The van der Waals surface area contributed by atoms with E-state index in [1.54, 1.807) is 36.4 Å². The Bertz CT molecular complexity index is 1250. The van der Waals surface area contributed by atoms with E-state index in [0.29, 0.717) is 33.2 Å². The number of carbonyl (C=O) groups is 2. The van der Waals surface area contributed by atoms with E-state index in [2.05, 4.69) is 0 Å². The molecule has 0 bridgehead atoms. The summed E-state index contributed by atoms with van der Waals surface area (Å²) in [5, 5.41) is 0.869. The van der Waals surface area contributed by atoms with Gasteiger partial charge in [0, 0.05) is 17.7 Å². The van der Waals surface area contributed by atoms with E-state index in [4.69, 9.17) is 32.9 Å². The highest BCUT2D eigenvalue weighted by atomic mass is 35.5. The predicted octanol–water partition coefficient (Wildman–Crippen LogP) is 5.66. The Hall–Kier alpha value is -3.15. The van der Waals surface area contributed by atoms with E-state index in [1.165, 1.54) is 7.11 Å². The quantitative estimate of drug-likeness (QED) is 0.298. The first-order chi connectivity index (χ1) is 14.5. The van der Waals surface area contributed by atoms with Gasteiger partial charge in [0.1, 0.15) is 12.1 Å². The number of hydrogen-bond acceptors (Lipinski definition) is 4. The van der Waals surface area contributed by atoms with Gasteiger partial charge in [-0.2, -0.15) is 0 Å². The SMILES string of the molecule is COC(=O)c1ccc(Cn2c(-c3ccc(C=O)cc3)nc3cc(Cl)c(Cl)cc32)cc1. The van der Waals surface area contributed by atoms with Crippen LogP contribution in [0.25, 0.3) is 22.4 Å². The van der Waals surface area contributed by atoms with Crippen LogP contribution in [-0.2, 0) is 11.3 Å². The lowest BCUT2D eigenvalue weighted by Crippen LogP contribution is -2.04. The fourth-order valence-electron chi connectivity index (χ4n) is 3.26. The molecular formula is C23H16Cl2N2O3. The van der Waals surface area contributed by atoms with Crippen LogP contribution in [0.15, 0.2) is 60.7 Å². The number of hydrogen-bond donors (Lipinski definition) is 0. The van der Waals surface area contributed by atoms with Crippen molar-refractivity contribution in [2.45, 2.75) is 6.54 Å². The average Bonchev–Trinajstić information content (AvgIpc) is 3.11. The van der Waals surface area contributed by atoms with Gasteiger partial charge in [-0.1, -0.05) is 59.6 Å². The topological polar surface area (TPSA) is 61.2 Å². The number of nitrogens with zero attached hydrogens (tertiary/aromatic N) is 2. The maximum atomic E-state index is 11.7. The van der Waals surface area contributed by atoms with Crippen LogP contribution in [0.4, 0.5) is 0 Å². The Balaban J connectivity index is 1.82. The molecule has 150 valence electrons. The number of benzene rings is 3. The minimum Gasteiger partial charge on any atom is -0.465 e. The monoisotopic (exact) mass is 438 g/mol. The Morgan fingerprint density at radius 2 is 1.70 bits per heavy atom. The first-order valence-electron chi connectivity index (χ1n) is 9.08. The number of rotatable bonds is 5. The smallest absolute Gasteiger partial charge is 0.337 e. The summed E-state index contributed by atoms with van der Waals surface area (Å²) < 4.78 is 6.78. The second kappa shape index (κ2) is 8.30. The molecule has 0 saturated heterocycles. The average molecular weight is 439 g/mol. The van der Waals surface area contributed by atoms with Crippen LogP contribution in [0.1, 0.15) is 26.3 Å². The van der Waals surface area contributed by atoms with Crippen LogP contribution in [0.3, 0.4) is 0 Å². The molecule has 0 amide bonds. The molecule has 0 fully saturated rings. The van der Waals surface area contributed by atoms with Crippen LogP contribution >= 0.6 is 23.2 Å². The van der Waals surface area contributed by atoms with Gasteiger partial charge in [-0.05, 0) is 29.8 Å². The molecule has 3 aromatic carbocycles. The van der Waals surface area contributed by atoms with Crippen molar-refractivity contribution in [1.82, 2.24) is 9.55 Å². The number of imidazole rings is 1. The summed E-state index contributed by atoms with van der Waals surface area (Å²) in [6.07, 6.45) is 0.801. The molecular weight excluding hydrogens is 423 g/mol. The zero-order chi connectivity index (χ0) is 21.3. The molecule has 0 unspecified atom stereocenters. The maximum Gasteiger partial charge on any atom is 0.337 e. The molecule has 1 aromatic heterocycles. The number of halogens is 2. The maximum absolute atomic E-state index is 11.7. The minimum absolute atomic E-state index is 0.382. The van der Waals surface area contributed by atoms with Crippen LogP contribution in [0.5, 0.6) is 0 Å². The summed E-state index contributed by atoms with van der Waals surface area (Å²) in [6, 6.07) is 17.9. The molecule has 0 aliphatic rings. The van der Waals surface area contributed by atoms with Gasteiger partial charge in [0.15, 0.2) is 0 Å². The first-order valence-corrected chi connectivity index (χ1v) is 9.84. The number of aldehydes is 1. The highest BCUT2D eigenvalue weighted by molar-refractivity contribution is 6.42. The Labute approximate surface area is 182 Å². The highest BCUT2D eigenvalue weighted by Crippen LogP contribution is 2.32. The van der Waals surface area contributed by atoms with Gasteiger partial charge in [0.05, 0.1) is 33.8 Å². The van der Waals surface area contributed by atoms with Crippen molar-refractivity contribution in [2.75, 3.05) is 7.11 Å². The van der Waals surface area contributed by atoms with Gasteiger partial charge in [-0.25, -0.2) is 9.78 Å². The van der Waals surface area contributed by atoms with Gasteiger partial charge < -0.3 is 9.30 Å². The Morgan fingerprint density at radius 3 is 2.33 bits per heavy atom. The zero-order valence-corrected chi connectivity index (χ0v) is 17.4. The van der Waals surface area contributed by atoms with Gasteiger partial charge in [0.2, 0.25) is 0 Å². The van der Waals surface area contributed by atoms with E-state index in [9.17, 15) is 9.59 Å². The molecule has 0 spiro atoms. The number of fused-ring (bicyclic) bond motifs is 1. The van der Waals surface area contributed by atoms with E-state index >= 15 is 0 Å². The molecule has 7 heteroatoms. The third-order valence-corrected chi connectivity index (χ3v) is 5.53. The summed E-state index contributed by atoms with van der Waals surface area (Å²) in [5.41, 5.74) is 4.44. The van der Waals surface area contributed by atoms with Crippen molar-refractivity contribution in [1.29, 1.82) is 0 Å². The standard InChI is InChI=1S/C23H16Cl2N2O3/c1-30-23(29)17-8-2-14(3-9-17)12-27-21-11-19(25)18(24)10-20(21)26-22(27)16-6-4-15(13-28)5-7-16/h2-11,13H,12H2,1H3.